The lowest BCUT2D eigenvalue weighted by Gasteiger charge is -2.18. The number of halogens is 2. The van der Waals surface area contributed by atoms with Gasteiger partial charge in [-0.25, -0.2) is 0 Å². The van der Waals surface area contributed by atoms with Crippen LogP contribution in [0.5, 0.6) is 5.75 Å². The highest BCUT2D eigenvalue weighted by atomic mass is 35.5. The number of nitrogens with zero attached hydrogens (tertiary/aromatic N) is 1. The number of phenols is 1. The molecule has 2 rings (SSSR count). The van der Waals surface area contributed by atoms with Crippen LogP contribution in [0.4, 0.5) is 11.4 Å². The highest BCUT2D eigenvalue weighted by Gasteiger charge is 2.19. The van der Waals surface area contributed by atoms with E-state index >= 15 is 0 Å². The SMILES string of the molecule is CN(C(=O)c1cc(N)cc(Cl)c1Cl)c1ccc(O)cc1. The summed E-state index contributed by atoms with van der Waals surface area (Å²) in [6.45, 7) is 0. The van der Waals surface area contributed by atoms with Gasteiger partial charge in [0.15, 0.2) is 0 Å². The molecule has 0 aliphatic rings. The Labute approximate surface area is 126 Å². The minimum absolute atomic E-state index is 0.125. The minimum Gasteiger partial charge on any atom is -0.508 e. The number of carbonyl (C=O) groups excluding carboxylic acids is 1. The molecule has 0 heterocycles. The van der Waals surface area contributed by atoms with Crippen LogP contribution in [0.2, 0.25) is 10.0 Å². The molecule has 0 fully saturated rings. The molecule has 1 amide bonds. The highest BCUT2D eigenvalue weighted by Crippen LogP contribution is 2.30. The summed E-state index contributed by atoms with van der Waals surface area (Å²) in [5, 5.41) is 9.65. The molecule has 0 aliphatic heterocycles. The molecular weight excluding hydrogens is 299 g/mol. The van der Waals surface area contributed by atoms with Crippen LogP contribution in [-0.4, -0.2) is 18.1 Å². The number of aromatic hydroxyl groups is 1. The molecule has 0 saturated carbocycles. The predicted molar refractivity (Wildman–Crippen MR) is 81.7 cm³/mol. The first-order valence-electron chi connectivity index (χ1n) is 5.71. The van der Waals surface area contributed by atoms with Gasteiger partial charge in [0.25, 0.3) is 5.91 Å². The maximum atomic E-state index is 12.4. The van der Waals surface area contributed by atoms with E-state index in [9.17, 15) is 9.90 Å². The monoisotopic (exact) mass is 310 g/mol. The third-order valence-corrected chi connectivity index (χ3v) is 3.62. The molecule has 2 aromatic carbocycles. The zero-order chi connectivity index (χ0) is 14.9. The van der Waals surface area contributed by atoms with Crippen molar-refractivity contribution in [2.75, 3.05) is 17.7 Å². The van der Waals surface area contributed by atoms with Gasteiger partial charge >= 0.3 is 0 Å². The number of amides is 1. The van der Waals surface area contributed by atoms with Gasteiger partial charge in [-0.15, -0.1) is 0 Å². The third kappa shape index (κ3) is 2.81. The van der Waals surface area contributed by atoms with E-state index in [1.807, 2.05) is 0 Å². The van der Waals surface area contributed by atoms with E-state index < -0.39 is 0 Å². The zero-order valence-corrected chi connectivity index (χ0v) is 12.1. The molecule has 0 aliphatic carbocycles. The van der Waals surface area contributed by atoms with Crippen molar-refractivity contribution in [1.29, 1.82) is 0 Å². The van der Waals surface area contributed by atoms with Crippen molar-refractivity contribution in [1.82, 2.24) is 0 Å². The first-order chi connectivity index (χ1) is 9.40. The van der Waals surface area contributed by atoms with E-state index in [0.717, 1.165) is 0 Å². The molecule has 0 radical (unpaired) electrons. The molecule has 20 heavy (non-hydrogen) atoms. The number of rotatable bonds is 2. The van der Waals surface area contributed by atoms with E-state index in [1.54, 1.807) is 19.2 Å². The summed E-state index contributed by atoms with van der Waals surface area (Å²) < 4.78 is 0. The molecule has 0 aromatic heterocycles. The molecule has 0 unspecified atom stereocenters. The Balaban J connectivity index is 2.38. The largest absolute Gasteiger partial charge is 0.508 e. The van der Waals surface area contributed by atoms with Crippen LogP contribution in [0, 0.1) is 0 Å². The minimum atomic E-state index is -0.338. The quantitative estimate of drug-likeness (QED) is 0.833. The Morgan fingerprint density at radius 3 is 2.40 bits per heavy atom. The molecule has 104 valence electrons. The van der Waals surface area contributed by atoms with Crippen molar-refractivity contribution < 1.29 is 9.90 Å². The Morgan fingerprint density at radius 2 is 1.80 bits per heavy atom. The molecule has 6 heteroatoms. The van der Waals surface area contributed by atoms with Crippen LogP contribution < -0.4 is 10.6 Å². The summed E-state index contributed by atoms with van der Waals surface area (Å²) in [7, 11) is 1.60. The van der Waals surface area contributed by atoms with Crippen LogP contribution in [0.3, 0.4) is 0 Å². The second kappa shape index (κ2) is 5.61. The lowest BCUT2D eigenvalue weighted by molar-refractivity contribution is 0.0993. The smallest absolute Gasteiger partial charge is 0.259 e. The number of phenolic OH excluding ortho intramolecular Hbond substituents is 1. The molecular formula is C14H12Cl2N2O2. The molecule has 0 atom stereocenters. The van der Waals surface area contributed by atoms with E-state index in [0.29, 0.717) is 11.4 Å². The molecule has 3 N–H and O–H groups in total. The van der Waals surface area contributed by atoms with Gasteiger partial charge in [0.2, 0.25) is 0 Å². The lowest BCUT2D eigenvalue weighted by atomic mass is 10.1. The van der Waals surface area contributed by atoms with Crippen molar-refractivity contribution in [3.63, 3.8) is 0 Å². The second-order valence-electron chi connectivity index (χ2n) is 4.24. The Bertz CT molecular complexity index is 657. The second-order valence-corrected chi connectivity index (χ2v) is 5.03. The van der Waals surface area contributed by atoms with Gasteiger partial charge in [-0.05, 0) is 36.4 Å². The van der Waals surface area contributed by atoms with Gasteiger partial charge in [0.1, 0.15) is 5.75 Å². The van der Waals surface area contributed by atoms with Crippen LogP contribution in [-0.2, 0) is 0 Å². The van der Waals surface area contributed by atoms with Crippen LogP contribution in [0.15, 0.2) is 36.4 Å². The van der Waals surface area contributed by atoms with E-state index in [1.165, 1.54) is 29.2 Å². The van der Waals surface area contributed by atoms with E-state index in [4.69, 9.17) is 28.9 Å². The van der Waals surface area contributed by atoms with Crippen molar-refractivity contribution >= 4 is 40.5 Å². The molecule has 2 aromatic rings. The first-order valence-corrected chi connectivity index (χ1v) is 6.47. The predicted octanol–water partition coefficient (Wildman–Crippen LogP) is 3.56. The summed E-state index contributed by atoms with van der Waals surface area (Å²) in [6, 6.07) is 9.19. The van der Waals surface area contributed by atoms with Crippen molar-refractivity contribution in [3.05, 3.63) is 52.0 Å². The Hall–Kier alpha value is -1.91. The van der Waals surface area contributed by atoms with E-state index in [-0.39, 0.29) is 27.3 Å². The lowest BCUT2D eigenvalue weighted by Crippen LogP contribution is -2.26. The Morgan fingerprint density at radius 1 is 1.20 bits per heavy atom. The van der Waals surface area contributed by atoms with Gasteiger partial charge in [0.05, 0.1) is 15.6 Å². The van der Waals surface area contributed by atoms with Crippen molar-refractivity contribution in [2.24, 2.45) is 0 Å². The van der Waals surface area contributed by atoms with Gasteiger partial charge in [-0.2, -0.15) is 0 Å². The Kier molecular flexibility index (Phi) is 4.06. The fourth-order valence-electron chi connectivity index (χ4n) is 1.74. The molecule has 0 saturated heterocycles. The molecule has 0 spiro atoms. The maximum Gasteiger partial charge on any atom is 0.259 e. The van der Waals surface area contributed by atoms with Gasteiger partial charge in [0, 0.05) is 18.4 Å². The third-order valence-electron chi connectivity index (χ3n) is 2.82. The number of hydrogen-bond donors (Lipinski definition) is 2. The number of anilines is 2. The molecule has 0 bridgehead atoms. The normalized spacial score (nSPS) is 10.3. The summed E-state index contributed by atoms with van der Waals surface area (Å²) >= 11 is 12.0. The maximum absolute atomic E-state index is 12.4. The van der Waals surface area contributed by atoms with Gasteiger partial charge in [-0.1, -0.05) is 23.2 Å². The number of nitrogens with two attached hydrogens (primary N) is 1. The van der Waals surface area contributed by atoms with Crippen LogP contribution >= 0.6 is 23.2 Å². The van der Waals surface area contributed by atoms with Gasteiger partial charge < -0.3 is 15.7 Å². The standard InChI is InChI=1S/C14H12Cl2N2O2/c1-18(9-2-4-10(19)5-3-9)14(20)11-6-8(17)7-12(15)13(11)16/h2-7,19H,17H2,1H3. The summed E-state index contributed by atoms with van der Waals surface area (Å²) in [5.41, 5.74) is 6.88. The number of hydrogen-bond acceptors (Lipinski definition) is 3. The summed E-state index contributed by atoms with van der Waals surface area (Å²) in [4.78, 5) is 13.8. The number of nitrogen functional groups attached to an aromatic ring is 1. The summed E-state index contributed by atoms with van der Waals surface area (Å²) in [6.07, 6.45) is 0. The molecule has 4 nitrogen and oxygen atoms in total. The highest BCUT2D eigenvalue weighted by molar-refractivity contribution is 6.44. The zero-order valence-electron chi connectivity index (χ0n) is 10.6. The van der Waals surface area contributed by atoms with Crippen LogP contribution in [0.25, 0.3) is 0 Å². The fourth-order valence-corrected chi connectivity index (χ4v) is 2.16. The number of carbonyl (C=O) groups is 1. The fraction of sp³-hybridized carbons (Fsp3) is 0.0714. The average Bonchev–Trinajstić information content (AvgIpc) is 2.42. The summed E-state index contributed by atoms with van der Waals surface area (Å²) in [5.74, 6) is -0.213. The first kappa shape index (κ1) is 14.5. The van der Waals surface area contributed by atoms with Crippen LogP contribution in [0.1, 0.15) is 10.4 Å². The van der Waals surface area contributed by atoms with Gasteiger partial charge in [-0.3, -0.25) is 4.79 Å². The van der Waals surface area contributed by atoms with Crippen molar-refractivity contribution in [3.8, 4) is 5.75 Å². The number of benzene rings is 2. The van der Waals surface area contributed by atoms with E-state index in [2.05, 4.69) is 0 Å². The topological polar surface area (TPSA) is 66.6 Å². The average molecular weight is 311 g/mol. The van der Waals surface area contributed by atoms with Crippen molar-refractivity contribution in [2.45, 2.75) is 0 Å².